The average molecular weight is 144 g/mol. The molecule has 0 spiro atoms. The van der Waals surface area contributed by atoms with Crippen LogP contribution in [-0.2, 0) is 9.47 Å². The van der Waals surface area contributed by atoms with Gasteiger partial charge in [-0.15, -0.1) is 0 Å². The fraction of sp³-hybridized carbons (Fsp3) is 0.714. The molecule has 0 aliphatic carbocycles. The molecule has 2 unspecified atom stereocenters. The Kier molecular flexibility index (Phi) is 2.08. The molecule has 0 radical (unpaired) electrons. The predicted octanol–water partition coefficient (Wildman–Crippen LogP) is 0.296. The summed E-state index contributed by atoms with van der Waals surface area (Å²) in [6.45, 7) is 5.77. The second kappa shape index (κ2) is 2.70. The van der Waals surface area contributed by atoms with Crippen LogP contribution in [0.4, 0.5) is 0 Å². The van der Waals surface area contributed by atoms with E-state index in [4.69, 9.17) is 14.6 Å². The number of rotatable bonds is 2. The Hall–Kier alpha value is -0.380. The topological polar surface area (TPSA) is 38.7 Å². The first-order chi connectivity index (χ1) is 4.70. The molecule has 58 valence electrons. The van der Waals surface area contributed by atoms with Gasteiger partial charge in [0.05, 0.1) is 13.2 Å². The van der Waals surface area contributed by atoms with E-state index in [9.17, 15) is 0 Å². The summed E-state index contributed by atoms with van der Waals surface area (Å²) in [6, 6.07) is 0. The van der Waals surface area contributed by atoms with Gasteiger partial charge in [0, 0.05) is 0 Å². The van der Waals surface area contributed by atoms with Gasteiger partial charge >= 0.3 is 0 Å². The van der Waals surface area contributed by atoms with Crippen molar-refractivity contribution in [2.45, 2.75) is 18.8 Å². The monoisotopic (exact) mass is 144 g/mol. The van der Waals surface area contributed by atoms with Gasteiger partial charge in [0.25, 0.3) is 0 Å². The Morgan fingerprint density at radius 1 is 1.90 bits per heavy atom. The Morgan fingerprint density at radius 2 is 2.60 bits per heavy atom. The lowest BCUT2D eigenvalue weighted by atomic mass is 10.3. The summed E-state index contributed by atoms with van der Waals surface area (Å²) in [5.41, 5.74) is 0. The molecule has 2 atom stereocenters. The van der Waals surface area contributed by atoms with E-state index in [1.165, 1.54) is 0 Å². The quantitative estimate of drug-likeness (QED) is 0.566. The summed E-state index contributed by atoms with van der Waals surface area (Å²) in [6.07, 6.45) is 1.39. The molecule has 3 nitrogen and oxygen atoms in total. The van der Waals surface area contributed by atoms with Gasteiger partial charge in [-0.1, -0.05) is 6.58 Å². The first-order valence-electron chi connectivity index (χ1n) is 3.26. The van der Waals surface area contributed by atoms with Crippen LogP contribution in [0.1, 0.15) is 6.92 Å². The molecule has 1 aliphatic heterocycles. The minimum atomic E-state index is -0.687. The standard InChI is InChI=1S/C7H12O3/c1-3-7(2)9-5-6(4-8)10-7/h3,6,8H,1,4-5H2,2H3. The van der Waals surface area contributed by atoms with Crippen LogP contribution in [0.3, 0.4) is 0 Å². The van der Waals surface area contributed by atoms with E-state index in [2.05, 4.69) is 6.58 Å². The highest BCUT2D eigenvalue weighted by Crippen LogP contribution is 2.23. The van der Waals surface area contributed by atoms with Crippen molar-refractivity contribution >= 4 is 0 Å². The van der Waals surface area contributed by atoms with Crippen LogP contribution in [0.5, 0.6) is 0 Å². The van der Waals surface area contributed by atoms with Gasteiger partial charge in [-0.05, 0) is 13.0 Å². The summed E-state index contributed by atoms with van der Waals surface area (Å²) in [4.78, 5) is 0. The Bertz CT molecular complexity index is 135. The third-order valence-corrected chi connectivity index (χ3v) is 1.53. The molecule has 0 aromatic heterocycles. The molecule has 1 aliphatic rings. The van der Waals surface area contributed by atoms with Crippen LogP contribution >= 0.6 is 0 Å². The molecule has 1 N–H and O–H groups in total. The molecule has 1 heterocycles. The van der Waals surface area contributed by atoms with Crippen molar-refractivity contribution in [3.8, 4) is 0 Å². The van der Waals surface area contributed by atoms with Gasteiger partial charge in [-0.25, -0.2) is 0 Å². The van der Waals surface area contributed by atoms with Crippen molar-refractivity contribution in [1.82, 2.24) is 0 Å². The minimum absolute atomic E-state index is 0.00340. The van der Waals surface area contributed by atoms with Crippen LogP contribution in [-0.4, -0.2) is 30.2 Å². The van der Waals surface area contributed by atoms with E-state index >= 15 is 0 Å². The van der Waals surface area contributed by atoms with E-state index in [0.29, 0.717) is 6.61 Å². The van der Waals surface area contributed by atoms with Crippen molar-refractivity contribution in [3.63, 3.8) is 0 Å². The molecule has 10 heavy (non-hydrogen) atoms. The zero-order valence-electron chi connectivity index (χ0n) is 6.04. The van der Waals surface area contributed by atoms with Gasteiger partial charge in [0.15, 0.2) is 5.79 Å². The second-order valence-corrected chi connectivity index (χ2v) is 2.45. The lowest BCUT2D eigenvalue weighted by molar-refractivity contribution is -0.118. The third kappa shape index (κ3) is 1.37. The summed E-state index contributed by atoms with van der Waals surface area (Å²) in [5.74, 6) is -0.687. The minimum Gasteiger partial charge on any atom is -0.394 e. The fourth-order valence-electron chi connectivity index (χ4n) is 0.854. The van der Waals surface area contributed by atoms with Crippen molar-refractivity contribution < 1.29 is 14.6 Å². The molecule has 0 aromatic carbocycles. The molecule has 1 saturated heterocycles. The number of hydrogen-bond acceptors (Lipinski definition) is 3. The molecule has 1 rings (SSSR count). The Labute approximate surface area is 60.3 Å². The smallest absolute Gasteiger partial charge is 0.185 e. The Balaban J connectivity index is 2.48. The predicted molar refractivity (Wildman–Crippen MR) is 36.5 cm³/mol. The highest BCUT2D eigenvalue weighted by Gasteiger charge is 2.33. The van der Waals surface area contributed by atoms with E-state index < -0.39 is 5.79 Å². The first-order valence-corrected chi connectivity index (χ1v) is 3.26. The lowest BCUT2D eigenvalue weighted by Crippen LogP contribution is -2.24. The van der Waals surface area contributed by atoms with Crippen LogP contribution in [0.2, 0.25) is 0 Å². The number of hydrogen-bond donors (Lipinski definition) is 1. The maximum absolute atomic E-state index is 8.65. The summed E-state index contributed by atoms with van der Waals surface area (Å²) >= 11 is 0. The van der Waals surface area contributed by atoms with Gasteiger partial charge in [0.1, 0.15) is 6.10 Å². The SMILES string of the molecule is C=CC1(C)OCC(CO)O1. The van der Waals surface area contributed by atoms with E-state index in [0.717, 1.165) is 0 Å². The third-order valence-electron chi connectivity index (χ3n) is 1.53. The second-order valence-electron chi connectivity index (χ2n) is 2.45. The van der Waals surface area contributed by atoms with E-state index in [-0.39, 0.29) is 12.7 Å². The number of aliphatic hydroxyl groups is 1. The van der Waals surface area contributed by atoms with Crippen LogP contribution in [0, 0.1) is 0 Å². The van der Waals surface area contributed by atoms with Gasteiger partial charge in [0.2, 0.25) is 0 Å². The fourth-order valence-corrected chi connectivity index (χ4v) is 0.854. The van der Waals surface area contributed by atoms with Crippen LogP contribution in [0.15, 0.2) is 12.7 Å². The summed E-state index contributed by atoms with van der Waals surface area (Å²) < 4.78 is 10.4. The molecule has 0 aromatic rings. The van der Waals surface area contributed by atoms with Gasteiger partial charge in [-0.2, -0.15) is 0 Å². The van der Waals surface area contributed by atoms with Gasteiger partial charge < -0.3 is 14.6 Å². The van der Waals surface area contributed by atoms with Crippen molar-refractivity contribution in [3.05, 3.63) is 12.7 Å². The zero-order chi connectivity index (χ0) is 7.61. The first kappa shape index (κ1) is 7.72. The Morgan fingerprint density at radius 3 is 2.90 bits per heavy atom. The summed E-state index contributed by atoms with van der Waals surface area (Å²) in [7, 11) is 0. The maximum atomic E-state index is 8.65. The average Bonchev–Trinajstić information content (AvgIpc) is 2.33. The molecular formula is C7H12O3. The van der Waals surface area contributed by atoms with Crippen molar-refractivity contribution in [1.29, 1.82) is 0 Å². The molecular weight excluding hydrogens is 132 g/mol. The molecule has 0 bridgehead atoms. The maximum Gasteiger partial charge on any atom is 0.185 e. The van der Waals surface area contributed by atoms with E-state index in [1.54, 1.807) is 13.0 Å². The van der Waals surface area contributed by atoms with Crippen LogP contribution < -0.4 is 0 Å². The molecule has 0 saturated carbocycles. The number of aliphatic hydroxyl groups excluding tert-OH is 1. The normalized spacial score (nSPS) is 40.0. The van der Waals surface area contributed by atoms with Crippen molar-refractivity contribution in [2.75, 3.05) is 13.2 Å². The molecule has 1 fully saturated rings. The molecule has 3 heteroatoms. The molecule has 0 amide bonds. The largest absolute Gasteiger partial charge is 0.394 e. The zero-order valence-corrected chi connectivity index (χ0v) is 6.04. The lowest BCUT2D eigenvalue weighted by Gasteiger charge is -2.17. The van der Waals surface area contributed by atoms with E-state index in [1.807, 2.05) is 0 Å². The highest BCUT2D eigenvalue weighted by atomic mass is 16.7. The van der Waals surface area contributed by atoms with Gasteiger partial charge in [-0.3, -0.25) is 0 Å². The summed E-state index contributed by atoms with van der Waals surface area (Å²) in [5, 5.41) is 8.65. The highest BCUT2D eigenvalue weighted by molar-refractivity contribution is 4.90. The van der Waals surface area contributed by atoms with Crippen molar-refractivity contribution in [2.24, 2.45) is 0 Å². The number of ether oxygens (including phenoxy) is 2. The van der Waals surface area contributed by atoms with Crippen LogP contribution in [0.25, 0.3) is 0 Å².